The van der Waals surface area contributed by atoms with Gasteiger partial charge in [0.05, 0.1) is 16.0 Å². The monoisotopic (exact) mass is 275 g/mol. The zero-order valence-corrected chi connectivity index (χ0v) is 11.7. The fourth-order valence-corrected chi connectivity index (χ4v) is 2.45. The molecule has 0 spiro atoms. The lowest BCUT2D eigenvalue weighted by atomic mass is 9.97. The minimum Gasteiger partial charge on any atom is -0.355 e. The van der Waals surface area contributed by atoms with Gasteiger partial charge in [0.15, 0.2) is 5.76 Å². The molecule has 6 heteroatoms. The van der Waals surface area contributed by atoms with Crippen LogP contribution in [0.4, 0.5) is 0 Å². The third kappa shape index (κ3) is 2.31. The maximum Gasteiger partial charge on any atom is 0.232 e. The number of thiophene rings is 1. The Labute approximate surface area is 114 Å². The largest absolute Gasteiger partial charge is 0.355 e. The molecule has 98 valence electrons. The molecular formula is C13H13N3O2S. The molecule has 0 bridgehead atoms. The summed E-state index contributed by atoms with van der Waals surface area (Å²) in [4.78, 5) is 6.38. The van der Waals surface area contributed by atoms with E-state index in [9.17, 15) is 0 Å². The minimum absolute atomic E-state index is 0.143. The van der Waals surface area contributed by atoms with E-state index in [2.05, 4.69) is 15.3 Å². The Hall–Kier alpha value is -1.95. The zero-order chi connectivity index (χ0) is 13.5. The molecule has 0 aromatic carbocycles. The van der Waals surface area contributed by atoms with E-state index in [0.717, 1.165) is 15.5 Å². The molecule has 0 amide bonds. The van der Waals surface area contributed by atoms with Crippen molar-refractivity contribution >= 4 is 11.3 Å². The quantitative estimate of drug-likeness (QED) is 0.712. The summed E-state index contributed by atoms with van der Waals surface area (Å²) in [6.45, 7) is 6.12. The van der Waals surface area contributed by atoms with Crippen LogP contribution in [0.3, 0.4) is 0 Å². The average molecular weight is 275 g/mol. The van der Waals surface area contributed by atoms with Gasteiger partial charge in [0.2, 0.25) is 11.7 Å². The van der Waals surface area contributed by atoms with Gasteiger partial charge in [0.25, 0.3) is 0 Å². The summed E-state index contributed by atoms with van der Waals surface area (Å²) in [5.74, 6) is 1.99. The summed E-state index contributed by atoms with van der Waals surface area (Å²) in [5, 5.41) is 7.72. The van der Waals surface area contributed by atoms with Crippen LogP contribution in [0, 0.1) is 0 Å². The summed E-state index contributed by atoms with van der Waals surface area (Å²) in [6.07, 6.45) is 1.63. The first-order valence-corrected chi connectivity index (χ1v) is 6.71. The molecule has 3 heterocycles. The van der Waals surface area contributed by atoms with Gasteiger partial charge in [-0.2, -0.15) is 4.98 Å². The second-order valence-electron chi connectivity index (χ2n) is 5.21. The van der Waals surface area contributed by atoms with Crippen molar-refractivity contribution in [3.63, 3.8) is 0 Å². The molecule has 3 rings (SSSR count). The lowest BCUT2D eigenvalue weighted by Crippen LogP contribution is -2.11. The van der Waals surface area contributed by atoms with Crippen LogP contribution < -0.4 is 0 Å². The van der Waals surface area contributed by atoms with E-state index in [-0.39, 0.29) is 5.41 Å². The average Bonchev–Trinajstić information content (AvgIpc) is 3.10. The van der Waals surface area contributed by atoms with Gasteiger partial charge < -0.3 is 9.05 Å². The Bertz CT molecular complexity index is 677. The van der Waals surface area contributed by atoms with Gasteiger partial charge in [-0.3, -0.25) is 0 Å². The molecule has 3 aromatic heterocycles. The second kappa shape index (κ2) is 4.31. The van der Waals surface area contributed by atoms with Crippen molar-refractivity contribution in [2.24, 2.45) is 0 Å². The van der Waals surface area contributed by atoms with Crippen LogP contribution in [0.2, 0.25) is 0 Å². The molecule has 0 atom stereocenters. The topological polar surface area (TPSA) is 65.0 Å². The van der Waals surface area contributed by atoms with E-state index in [1.165, 1.54) is 0 Å². The number of hydrogen-bond acceptors (Lipinski definition) is 6. The van der Waals surface area contributed by atoms with E-state index in [4.69, 9.17) is 9.05 Å². The SMILES string of the molecule is CC(C)(C)c1nc(-c2ccc(-c3ccno3)s2)no1. The van der Waals surface area contributed by atoms with Gasteiger partial charge in [-0.15, -0.1) is 11.3 Å². The molecule has 0 radical (unpaired) electrons. The highest BCUT2D eigenvalue weighted by molar-refractivity contribution is 7.18. The van der Waals surface area contributed by atoms with Crippen molar-refractivity contribution in [2.75, 3.05) is 0 Å². The predicted molar refractivity (Wildman–Crippen MR) is 71.8 cm³/mol. The molecule has 0 unspecified atom stereocenters. The summed E-state index contributed by atoms with van der Waals surface area (Å²) in [7, 11) is 0. The van der Waals surface area contributed by atoms with Crippen molar-refractivity contribution in [1.29, 1.82) is 0 Å². The van der Waals surface area contributed by atoms with Gasteiger partial charge in [-0.25, -0.2) is 0 Å². The van der Waals surface area contributed by atoms with Gasteiger partial charge in [-0.1, -0.05) is 31.1 Å². The smallest absolute Gasteiger partial charge is 0.232 e. The van der Waals surface area contributed by atoms with Crippen LogP contribution in [0.5, 0.6) is 0 Å². The van der Waals surface area contributed by atoms with Crippen LogP contribution >= 0.6 is 11.3 Å². The van der Waals surface area contributed by atoms with Crippen molar-refractivity contribution < 1.29 is 9.05 Å². The first-order valence-electron chi connectivity index (χ1n) is 5.89. The van der Waals surface area contributed by atoms with Gasteiger partial charge >= 0.3 is 0 Å². The number of rotatable bonds is 2. The molecule has 5 nitrogen and oxygen atoms in total. The Balaban J connectivity index is 1.93. The van der Waals surface area contributed by atoms with Crippen molar-refractivity contribution in [2.45, 2.75) is 26.2 Å². The summed E-state index contributed by atoms with van der Waals surface area (Å²) >= 11 is 1.55. The number of nitrogens with zero attached hydrogens (tertiary/aromatic N) is 3. The first kappa shape index (κ1) is 12.1. The Kier molecular flexibility index (Phi) is 2.74. The van der Waals surface area contributed by atoms with E-state index in [0.29, 0.717) is 11.7 Å². The van der Waals surface area contributed by atoms with Gasteiger partial charge in [-0.05, 0) is 12.1 Å². The highest BCUT2D eigenvalue weighted by Crippen LogP contribution is 2.33. The molecule has 0 aliphatic rings. The number of hydrogen-bond donors (Lipinski definition) is 0. The van der Waals surface area contributed by atoms with E-state index in [1.54, 1.807) is 17.5 Å². The van der Waals surface area contributed by atoms with Crippen molar-refractivity contribution in [1.82, 2.24) is 15.3 Å². The molecule has 3 aromatic rings. The van der Waals surface area contributed by atoms with E-state index in [1.807, 2.05) is 39.0 Å². The van der Waals surface area contributed by atoms with E-state index >= 15 is 0 Å². The first-order chi connectivity index (χ1) is 9.04. The summed E-state index contributed by atoms with van der Waals surface area (Å²) in [5.41, 5.74) is -0.143. The van der Waals surface area contributed by atoms with Gasteiger partial charge in [0.1, 0.15) is 0 Å². The van der Waals surface area contributed by atoms with Crippen LogP contribution in [-0.2, 0) is 5.41 Å². The molecule has 0 saturated heterocycles. The molecule has 0 N–H and O–H groups in total. The maximum atomic E-state index is 5.29. The lowest BCUT2D eigenvalue weighted by molar-refractivity contribution is 0.321. The minimum atomic E-state index is -0.143. The molecular weight excluding hydrogens is 262 g/mol. The Morgan fingerprint density at radius 1 is 1.05 bits per heavy atom. The second-order valence-corrected chi connectivity index (χ2v) is 6.30. The Morgan fingerprint density at radius 2 is 1.84 bits per heavy atom. The fourth-order valence-electron chi connectivity index (χ4n) is 1.56. The normalized spacial score (nSPS) is 11.9. The molecule has 0 saturated carbocycles. The highest BCUT2D eigenvalue weighted by atomic mass is 32.1. The predicted octanol–water partition coefficient (Wildman–Crippen LogP) is 3.75. The molecule has 0 aliphatic heterocycles. The van der Waals surface area contributed by atoms with Crippen LogP contribution in [-0.4, -0.2) is 15.3 Å². The standard InChI is InChI=1S/C13H13N3O2S/c1-13(2,3)12-15-11(16-18-12)10-5-4-9(19-10)8-6-7-14-17-8/h4-7H,1-3H3. The molecule has 0 fully saturated rings. The van der Waals surface area contributed by atoms with E-state index < -0.39 is 0 Å². The third-order valence-corrected chi connectivity index (χ3v) is 3.67. The summed E-state index contributed by atoms with van der Waals surface area (Å²) in [6, 6.07) is 5.75. The fraction of sp³-hybridized carbons (Fsp3) is 0.308. The number of aromatic nitrogens is 3. The summed E-state index contributed by atoms with van der Waals surface area (Å²) < 4.78 is 10.4. The van der Waals surface area contributed by atoms with Crippen molar-refractivity contribution in [3.8, 4) is 21.3 Å². The molecule has 19 heavy (non-hydrogen) atoms. The Morgan fingerprint density at radius 3 is 2.47 bits per heavy atom. The van der Waals surface area contributed by atoms with Crippen LogP contribution in [0.15, 0.2) is 33.4 Å². The van der Waals surface area contributed by atoms with Crippen molar-refractivity contribution in [3.05, 3.63) is 30.3 Å². The third-order valence-electron chi connectivity index (χ3n) is 2.57. The maximum absolute atomic E-state index is 5.29. The van der Waals surface area contributed by atoms with Crippen LogP contribution in [0.1, 0.15) is 26.7 Å². The van der Waals surface area contributed by atoms with Gasteiger partial charge in [0, 0.05) is 11.5 Å². The zero-order valence-electron chi connectivity index (χ0n) is 10.9. The lowest BCUT2D eigenvalue weighted by Gasteiger charge is -2.10. The highest BCUT2D eigenvalue weighted by Gasteiger charge is 2.22. The van der Waals surface area contributed by atoms with Crippen LogP contribution in [0.25, 0.3) is 21.3 Å². The molecule has 0 aliphatic carbocycles.